The van der Waals surface area contributed by atoms with Crippen LogP contribution in [-0.2, 0) is 20.7 Å². The van der Waals surface area contributed by atoms with Crippen LogP contribution >= 0.6 is 34.3 Å². The lowest BCUT2D eigenvalue weighted by molar-refractivity contribution is -0.146. The molecule has 1 N–H and O–H groups in total. The number of nitrogens with one attached hydrogen (secondary N) is 1. The molecular weight excluding hydrogens is 399 g/mol. The minimum Gasteiger partial charge on any atom is -0.455 e. The first-order valence-corrected chi connectivity index (χ1v) is 9.54. The number of hydrogen-bond donors (Lipinski definition) is 1. The third-order valence-electron chi connectivity index (χ3n) is 3.18. The van der Waals surface area contributed by atoms with Gasteiger partial charge in [-0.15, -0.1) is 22.7 Å². The molecule has 0 bridgehead atoms. The van der Waals surface area contributed by atoms with Gasteiger partial charge in [0, 0.05) is 10.4 Å². The molecule has 0 aliphatic rings. The first kappa shape index (κ1) is 18.5. The van der Waals surface area contributed by atoms with Crippen molar-refractivity contribution in [2.24, 2.45) is 0 Å². The van der Waals surface area contributed by atoms with Crippen LogP contribution in [-0.4, -0.2) is 23.5 Å². The molecule has 0 atom stereocenters. The van der Waals surface area contributed by atoms with Crippen LogP contribution in [0.3, 0.4) is 0 Å². The Labute approximate surface area is 161 Å². The van der Waals surface area contributed by atoms with Crippen molar-refractivity contribution in [2.75, 3.05) is 11.9 Å². The van der Waals surface area contributed by atoms with Gasteiger partial charge in [-0.1, -0.05) is 17.7 Å². The fourth-order valence-electron chi connectivity index (χ4n) is 2.02. The highest BCUT2D eigenvalue weighted by molar-refractivity contribution is 7.20. The van der Waals surface area contributed by atoms with E-state index in [1.807, 2.05) is 17.5 Å². The molecule has 0 fully saturated rings. The second-order valence-corrected chi connectivity index (χ2v) is 7.37. The topological polar surface area (TPSA) is 68.3 Å². The van der Waals surface area contributed by atoms with Gasteiger partial charge in [0.05, 0.1) is 22.7 Å². The fraction of sp³-hybridized carbons (Fsp3) is 0.118. The standard InChI is InChI=1S/C17H12ClFN2O3S2/c18-10-3-4-13(12(19)6-10)21-15(22)8-24-16(23)7-11-9-26-17(20-11)14-2-1-5-25-14/h1-6,9H,7-8H2,(H,21,22). The van der Waals surface area contributed by atoms with Crippen LogP contribution in [0.15, 0.2) is 41.1 Å². The molecule has 0 spiro atoms. The molecular formula is C17H12ClFN2O3S2. The Morgan fingerprint density at radius 1 is 1.27 bits per heavy atom. The van der Waals surface area contributed by atoms with Crippen LogP contribution in [0.4, 0.5) is 10.1 Å². The monoisotopic (exact) mass is 410 g/mol. The summed E-state index contributed by atoms with van der Waals surface area (Å²) in [6.07, 6.45) is -0.0372. The molecule has 2 heterocycles. The van der Waals surface area contributed by atoms with Crippen LogP contribution < -0.4 is 5.32 Å². The number of amides is 1. The number of thiophene rings is 1. The number of benzene rings is 1. The Morgan fingerprint density at radius 2 is 2.12 bits per heavy atom. The van der Waals surface area contributed by atoms with E-state index in [1.165, 1.54) is 23.5 Å². The Bertz CT molecular complexity index is 928. The zero-order valence-electron chi connectivity index (χ0n) is 13.2. The van der Waals surface area contributed by atoms with Crippen LogP contribution in [0.1, 0.15) is 5.69 Å². The average molecular weight is 411 g/mol. The Kier molecular flexibility index (Phi) is 5.97. The summed E-state index contributed by atoms with van der Waals surface area (Å²) in [7, 11) is 0. The Hall–Kier alpha value is -2.29. The highest BCUT2D eigenvalue weighted by Gasteiger charge is 2.13. The van der Waals surface area contributed by atoms with Crippen molar-refractivity contribution in [1.82, 2.24) is 4.98 Å². The number of ether oxygens (including phenoxy) is 1. The molecule has 0 aliphatic heterocycles. The Balaban J connectivity index is 1.48. The quantitative estimate of drug-likeness (QED) is 0.612. The van der Waals surface area contributed by atoms with Crippen LogP contribution in [0.2, 0.25) is 5.02 Å². The highest BCUT2D eigenvalue weighted by Crippen LogP contribution is 2.28. The van der Waals surface area contributed by atoms with Gasteiger partial charge in [-0.2, -0.15) is 0 Å². The number of nitrogens with zero attached hydrogens (tertiary/aromatic N) is 1. The van der Waals surface area contributed by atoms with Crippen molar-refractivity contribution in [3.63, 3.8) is 0 Å². The van der Waals surface area contributed by atoms with E-state index in [0.717, 1.165) is 16.0 Å². The van der Waals surface area contributed by atoms with Crippen molar-refractivity contribution in [3.8, 4) is 9.88 Å². The number of carbonyl (C=O) groups excluding carboxylic acids is 2. The molecule has 3 rings (SSSR count). The molecule has 1 amide bonds. The SMILES string of the molecule is O=C(COC(=O)Cc1csc(-c2cccs2)n1)Nc1ccc(Cl)cc1F. The summed E-state index contributed by atoms with van der Waals surface area (Å²) in [6.45, 7) is -0.511. The molecule has 26 heavy (non-hydrogen) atoms. The minimum atomic E-state index is -0.666. The maximum Gasteiger partial charge on any atom is 0.312 e. The van der Waals surface area contributed by atoms with Crippen LogP contribution in [0, 0.1) is 5.82 Å². The van der Waals surface area contributed by atoms with E-state index >= 15 is 0 Å². The number of anilines is 1. The van der Waals surface area contributed by atoms with Crippen molar-refractivity contribution in [3.05, 3.63) is 57.6 Å². The van der Waals surface area contributed by atoms with E-state index in [4.69, 9.17) is 16.3 Å². The number of carbonyl (C=O) groups is 2. The zero-order valence-corrected chi connectivity index (χ0v) is 15.6. The summed E-state index contributed by atoms with van der Waals surface area (Å²) in [4.78, 5) is 29.0. The molecule has 0 saturated carbocycles. The van der Waals surface area contributed by atoms with Gasteiger partial charge in [0.25, 0.3) is 5.91 Å². The lowest BCUT2D eigenvalue weighted by Gasteiger charge is -2.07. The summed E-state index contributed by atoms with van der Waals surface area (Å²) < 4.78 is 18.5. The fourth-order valence-corrected chi connectivity index (χ4v) is 3.82. The largest absolute Gasteiger partial charge is 0.455 e. The smallest absolute Gasteiger partial charge is 0.312 e. The average Bonchev–Trinajstić information content (AvgIpc) is 3.27. The zero-order chi connectivity index (χ0) is 18.5. The van der Waals surface area contributed by atoms with E-state index in [-0.39, 0.29) is 17.1 Å². The van der Waals surface area contributed by atoms with Gasteiger partial charge in [-0.3, -0.25) is 9.59 Å². The van der Waals surface area contributed by atoms with Crippen molar-refractivity contribution in [2.45, 2.75) is 6.42 Å². The van der Waals surface area contributed by atoms with Gasteiger partial charge in [0.1, 0.15) is 10.8 Å². The van der Waals surface area contributed by atoms with Gasteiger partial charge in [-0.25, -0.2) is 9.37 Å². The summed E-state index contributed by atoms with van der Waals surface area (Å²) in [5.74, 6) is -1.89. The minimum absolute atomic E-state index is 0.0319. The number of esters is 1. The maximum absolute atomic E-state index is 13.6. The van der Waals surface area contributed by atoms with Gasteiger partial charge in [0.2, 0.25) is 0 Å². The molecule has 0 saturated heterocycles. The number of halogens is 2. The normalized spacial score (nSPS) is 10.5. The lowest BCUT2D eigenvalue weighted by Crippen LogP contribution is -2.22. The van der Waals surface area contributed by atoms with Crippen LogP contribution in [0.5, 0.6) is 0 Å². The second kappa shape index (κ2) is 8.39. The van der Waals surface area contributed by atoms with E-state index in [0.29, 0.717) is 5.69 Å². The van der Waals surface area contributed by atoms with Crippen molar-refractivity contribution >= 4 is 51.8 Å². The number of thiazole rings is 1. The molecule has 0 radical (unpaired) electrons. The van der Waals surface area contributed by atoms with Crippen molar-refractivity contribution < 1.29 is 18.7 Å². The third kappa shape index (κ3) is 4.87. The molecule has 1 aromatic carbocycles. The molecule has 0 aliphatic carbocycles. The third-order valence-corrected chi connectivity index (χ3v) is 5.34. The van der Waals surface area contributed by atoms with Crippen LogP contribution in [0.25, 0.3) is 9.88 Å². The number of hydrogen-bond acceptors (Lipinski definition) is 6. The molecule has 2 aromatic heterocycles. The summed E-state index contributed by atoms with van der Waals surface area (Å²) >= 11 is 8.64. The van der Waals surface area contributed by atoms with E-state index in [1.54, 1.807) is 16.7 Å². The van der Waals surface area contributed by atoms with Gasteiger partial charge in [0.15, 0.2) is 6.61 Å². The van der Waals surface area contributed by atoms with Gasteiger partial charge >= 0.3 is 5.97 Å². The first-order chi connectivity index (χ1) is 12.5. The summed E-state index contributed by atoms with van der Waals surface area (Å²) in [6, 6.07) is 7.73. The molecule has 3 aromatic rings. The van der Waals surface area contributed by atoms with E-state index < -0.39 is 24.3 Å². The Morgan fingerprint density at radius 3 is 2.85 bits per heavy atom. The van der Waals surface area contributed by atoms with Gasteiger partial charge < -0.3 is 10.1 Å². The van der Waals surface area contributed by atoms with E-state index in [9.17, 15) is 14.0 Å². The predicted molar refractivity (Wildman–Crippen MR) is 100 cm³/mol. The van der Waals surface area contributed by atoms with Crippen molar-refractivity contribution in [1.29, 1.82) is 0 Å². The highest BCUT2D eigenvalue weighted by atomic mass is 35.5. The number of aromatic nitrogens is 1. The predicted octanol–water partition coefficient (Wildman–Crippen LogP) is 4.39. The van der Waals surface area contributed by atoms with Gasteiger partial charge in [-0.05, 0) is 29.6 Å². The summed E-state index contributed by atoms with van der Waals surface area (Å²) in [5, 5.41) is 7.10. The lowest BCUT2D eigenvalue weighted by atomic mass is 10.3. The summed E-state index contributed by atoms with van der Waals surface area (Å²) in [5.41, 5.74) is 0.545. The molecule has 9 heteroatoms. The van der Waals surface area contributed by atoms with E-state index in [2.05, 4.69) is 10.3 Å². The molecule has 5 nitrogen and oxygen atoms in total. The molecule has 134 valence electrons. The molecule has 0 unspecified atom stereocenters. The first-order valence-electron chi connectivity index (χ1n) is 7.40. The number of rotatable bonds is 6. The maximum atomic E-state index is 13.6. The second-order valence-electron chi connectivity index (χ2n) is 5.13.